The number of alkyl halides is 3. The molecule has 4 atom stereocenters. The fourth-order valence-electron chi connectivity index (χ4n) is 2.99. The van der Waals surface area contributed by atoms with Crippen LogP contribution < -0.4 is 5.32 Å². The minimum absolute atomic E-state index is 0.0249. The normalized spacial score (nSPS) is 15.6. The molecule has 43 heavy (non-hydrogen) atoms. The molecule has 14 heteroatoms. The van der Waals surface area contributed by atoms with Crippen molar-refractivity contribution < 1.29 is 51.2 Å². The van der Waals surface area contributed by atoms with Crippen LogP contribution in [0, 0.1) is 0 Å². The highest BCUT2D eigenvalue weighted by molar-refractivity contribution is 8.23. The maximum Gasteiger partial charge on any atom is 0.508 e. The molecule has 0 aromatic carbocycles. The van der Waals surface area contributed by atoms with E-state index in [1.807, 2.05) is 41.5 Å². The van der Waals surface area contributed by atoms with Crippen LogP contribution in [0.5, 0.6) is 0 Å². The Hall–Kier alpha value is -1.35. The molecule has 1 aliphatic heterocycles. The van der Waals surface area contributed by atoms with E-state index in [1.54, 1.807) is 26.1 Å². The zero-order chi connectivity index (χ0) is 34.3. The van der Waals surface area contributed by atoms with Crippen molar-refractivity contribution in [3.63, 3.8) is 0 Å². The van der Waals surface area contributed by atoms with Crippen molar-refractivity contribution in [1.82, 2.24) is 5.32 Å². The van der Waals surface area contributed by atoms with Crippen LogP contribution in [0.2, 0.25) is 0 Å². The first kappa shape index (κ1) is 48.6. The number of thiocarbonyl (C=S) groups is 1. The van der Waals surface area contributed by atoms with Gasteiger partial charge in [0, 0.05) is 19.8 Å². The molecule has 260 valence electrons. The standard InChI is InChI=1S/C13H22F3NO4S2.C9H16O4.C3H8.2C2H6/c1-4-19-11(20-5-2)9(23-12(22)21-6-3)7-10(17-8-18)13(14,15)16;1-3-11-7(2)4-5-8-6-12-9(10)13-8;1-3-2;2*1-2/h8-11H,4-7H2,1-3H3,(H,17,18);7-8H,3-6H2,1-2H3;3H2,1-2H3;2*1-2H3. The third kappa shape index (κ3) is 29.1. The lowest BCUT2D eigenvalue weighted by Gasteiger charge is -2.30. The van der Waals surface area contributed by atoms with Crippen LogP contribution in [-0.2, 0) is 33.2 Å². The van der Waals surface area contributed by atoms with Crippen LogP contribution >= 0.6 is 24.0 Å². The Morgan fingerprint density at radius 1 is 1.02 bits per heavy atom. The summed E-state index contributed by atoms with van der Waals surface area (Å²) in [5.41, 5.74) is 0. The molecule has 0 radical (unpaired) electrons. The molecule has 1 aliphatic rings. The molecular weight excluding hydrogens is 611 g/mol. The number of thioether (sulfide) groups is 1. The third-order valence-electron chi connectivity index (χ3n) is 4.60. The fraction of sp³-hybridized carbons (Fsp3) is 0.897. The van der Waals surface area contributed by atoms with E-state index in [1.165, 1.54) is 6.42 Å². The lowest BCUT2D eigenvalue weighted by atomic mass is 10.1. The number of halogens is 3. The minimum atomic E-state index is -4.59. The van der Waals surface area contributed by atoms with E-state index in [9.17, 15) is 22.8 Å². The third-order valence-corrected chi connectivity index (χ3v) is 6.04. The van der Waals surface area contributed by atoms with E-state index in [0.29, 0.717) is 13.2 Å². The molecule has 0 aromatic heterocycles. The van der Waals surface area contributed by atoms with Gasteiger partial charge in [-0.2, -0.15) is 13.2 Å². The Morgan fingerprint density at radius 3 is 1.91 bits per heavy atom. The monoisotopic (exact) mass is 669 g/mol. The van der Waals surface area contributed by atoms with Crippen molar-refractivity contribution in [3.05, 3.63) is 0 Å². The highest BCUT2D eigenvalue weighted by atomic mass is 32.2. The summed E-state index contributed by atoms with van der Waals surface area (Å²) in [7, 11) is 0. The molecule has 0 spiro atoms. The van der Waals surface area contributed by atoms with Crippen LogP contribution in [0.25, 0.3) is 0 Å². The van der Waals surface area contributed by atoms with E-state index in [-0.39, 0.29) is 36.2 Å². The van der Waals surface area contributed by atoms with E-state index in [2.05, 4.69) is 18.6 Å². The molecule has 0 aliphatic carbocycles. The number of hydrogen-bond acceptors (Lipinski definition) is 10. The molecule has 4 unspecified atom stereocenters. The predicted molar refractivity (Wildman–Crippen MR) is 172 cm³/mol. The summed E-state index contributed by atoms with van der Waals surface area (Å²) in [6, 6.07) is -2.02. The summed E-state index contributed by atoms with van der Waals surface area (Å²) < 4.78 is 69.9. The zero-order valence-corrected chi connectivity index (χ0v) is 29.7. The fourth-order valence-corrected chi connectivity index (χ4v) is 4.47. The summed E-state index contributed by atoms with van der Waals surface area (Å²) in [4.78, 5) is 21.0. The first-order chi connectivity index (χ1) is 20.4. The van der Waals surface area contributed by atoms with E-state index in [0.717, 1.165) is 31.2 Å². The number of hydrogen-bond donors (Lipinski definition) is 1. The largest absolute Gasteiger partial charge is 0.508 e. The summed E-state index contributed by atoms with van der Waals surface area (Å²) in [6.45, 7) is 23.3. The summed E-state index contributed by atoms with van der Waals surface area (Å²) >= 11 is 5.92. The maximum atomic E-state index is 13.0. The van der Waals surface area contributed by atoms with Gasteiger partial charge in [-0.3, -0.25) is 4.79 Å². The minimum Gasteiger partial charge on any atom is -0.479 e. The molecule has 0 bridgehead atoms. The lowest BCUT2D eigenvalue weighted by Crippen LogP contribution is -2.46. The number of ether oxygens (including phenoxy) is 6. The summed E-state index contributed by atoms with van der Waals surface area (Å²) in [5, 5.41) is 0.999. The van der Waals surface area contributed by atoms with Crippen molar-refractivity contribution in [2.75, 3.05) is 33.0 Å². The Morgan fingerprint density at radius 2 is 1.53 bits per heavy atom. The molecular formula is C29H58F3NO8S2. The van der Waals surface area contributed by atoms with Gasteiger partial charge in [-0.25, -0.2) is 4.79 Å². The Bertz CT molecular complexity index is 643. The first-order valence-electron chi connectivity index (χ1n) is 15.2. The number of cyclic esters (lactones) is 2. The van der Waals surface area contributed by atoms with Gasteiger partial charge in [-0.15, -0.1) is 0 Å². The molecule has 1 N–H and O–H groups in total. The second kappa shape index (κ2) is 33.5. The van der Waals surface area contributed by atoms with Gasteiger partial charge in [0.2, 0.25) is 10.8 Å². The van der Waals surface area contributed by atoms with Crippen molar-refractivity contribution in [2.45, 2.75) is 138 Å². The van der Waals surface area contributed by atoms with Crippen molar-refractivity contribution in [1.29, 1.82) is 0 Å². The van der Waals surface area contributed by atoms with E-state index in [4.69, 9.17) is 35.9 Å². The Kier molecular flexibility index (Phi) is 37.9. The van der Waals surface area contributed by atoms with Gasteiger partial charge in [-0.1, -0.05) is 59.7 Å². The number of carbonyl (C=O) groups is 2. The average molecular weight is 670 g/mol. The molecule has 1 amide bonds. The molecule has 1 rings (SSSR count). The number of amides is 1. The zero-order valence-electron chi connectivity index (χ0n) is 28.0. The molecule has 0 saturated carbocycles. The molecule has 0 aromatic rings. The van der Waals surface area contributed by atoms with Gasteiger partial charge in [0.1, 0.15) is 18.8 Å². The summed E-state index contributed by atoms with van der Waals surface area (Å²) in [5.74, 6) is 0. The topological polar surface area (TPSA) is 102 Å². The van der Waals surface area contributed by atoms with E-state index >= 15 is 0 Å². The van der Waals surface area contributed by atoms with Crippen LogP contribution in [0.15, 0.2) is 0 Å². The predicted octanol–water partition coefficient (Wildman–Crippen LogP) is 8.07. The smallest absolute Gasteiger partial charge is 0.479 e. The molecule has 1 saturated heterocycles. The van der Waals surface area contributed by atoms with Crippen molar-refractivity contribution in [2.24, 2.45) is 0 Å². The van der Waals surface area contributed by atoms with Crippen LogP contribution in [0.1, 0.15) is 102 Å². The second-order valence-electron chi connectivity index (χ2n) is 8.08. The number of carbonyl (C=O) groups excluding carboxylic acids is 2. The SMILES string of the molecule is CC.CC.CCC.CCOC(=S)SC(CC(NC=O)C(F)(F)F)C(OCC)OCC.CCOC(C)CCC1COC(=O)O1. The highest BCUT2D eigenvalue weighted by Crippen LogP contribution is 2.31. The molecule has 1 heterocycles. The van der Waals surface area contributed by atoms with Gasteiger partial charge in [0.05, 0.1) is 18.0 Å². The summed E-state index contributed by atoms with van der Waals surface area (Å²) in [6.07, 6.45) is -3.35. The van der Waals surface area contributed by atoms with Crippen LogP contribution in [-0.4, -0.2) is 85.9 Å². The van der Waals surface area contributed by atoms with Gasteiger partial charge >= 0.3 is 12.3 Å². The van der Waals surface area contributed by atoms with Crippen LogP contribution in [0.3, 0.4) is 0 Å². The van der Waals surface area contributed by atoms with E-state index < -0.39 is 36.3 Å². The van der Waals surface area contributed by atoms with Crippen molar-refractivity contribution >= 4 is 40.9 Å². The first-order valence-corrected chi connectivity index (χ1v) is 16.5. The van der Waals surface area contributed by atoms with Crippen molar-refractivity contribution in [3.8, 4) is 0 Å². The van der Waals surface area contributed by atoms with Gasteiger partial charge in [-0.05, 0) is 66.1 Å². The van der Waals surface area contributed by atoms with Gasteiger partial charge in [0.25, 0.3) is 0 Å². The number of nitrogens with one attached hydrogen (secondary N) is 1. The highest BCUT2D eigenvalue weighted by Gasteiger charge is 2.43. The van der Waals surface area contributed by atoms with Gasteiger partial charge < -0.3 is 33.7 Å². The average Bonchev–Trinajstić information content (AvgIpc) is 3.39. The Balaban J connectivity index is -0.000000318. The quantitative estimate of drug-likeness (QED) is 0.0751. The number of rotatable bonds is 16. The molecule has 1 fully saturated rings. The lowest BCUT2D eigenvalue weighted by molar-refractivity contribution is -0.170. The van der Waals surface area contributed by atoms with Crippen LogP contribution in [0.4, 0.5) is 18.0 Å². The second-order valence-corrected chi connectivity index (χ2v) is 9.93. The molecule has 9 nitrogen and oxygen atoms in total. The Labute approximate surface area is 268 Å². The van der Waals surface area contributed by atoms with Gasteiger partial charge in [0.15, 0.2) is 6.29 Å². The maximum absolute atomic E-state index is 13.0.